The maximum absolute atomic E-state index is 6.06. The van der Waals surface area contributed by atoms with Crippen LogP contribution in [0.3, 0.4) is 0 Å². The molecule has 3 aromatic rings. The van der Waals surface area contributed by atoms with Gasteiger partial charge < -0.3 is 4.74 Å². The van der Waals surface area contributed by atoms with Gasteiger partial charge in [-0.25, -0.2) is 20.8 Å². The molecule has 3 N–H and O–H groups in total. The summed E-state index contributed by atoms with van der Waals surface area (Å²) in [5, 5.41) is 1.14. The van der Waals surface area contributed by atoms with Crippen LogP contribution in [0.15, 0.2) is 6.20 Å². The number of nitrogen functional groups attached to an aromatic ring is 1. The number of ether oxygens (including phenoxy) is 1. The molecule has 0 amide bonds. The number of hydrogen-bond acceptors (Lipinski definition) is 7. The van der Waals surface area contributed by atoms with E-state index in [2.05, 4.69) is 36.2 Å². The lowest BCUT2D eigenvalue weighted by Crippen LogP contribution is -2.32. The molecule has 0 spiro atoms. The molecular formula is C17H21N5OS. The second-order valence-electron chi connectivity index (χ2n) is 6.82. The number of aryl methyl sites for hydroxylation is 1. The van der Waals surface area contributed by atoms with Crippen molar-refractivity contribution in [3.63, 3.8) is 0 Å². The molecule has 24 heavy (non-hydrogen) atoms. The maximum atomic E-state index is 6.06. The quantitative estimate of drug-likeness (QED) is 0.560. The predicted molar refractivity (Wildman–Crippen MR) is 97.1 cm³/mol. The molecule has 4 rings (SSSR count). The van der Waals surface area contributed by atoms with E-state index in [1.54, 1.807) is 11.3 Å². The van der Waals surface area contributed by atoms with E-state index in [4.69, 9.17) is 15.6 Å². The topological polar surface area (TPSA) is 86.0 Å². The molecule has 6 nitrogen and oxygen atoms in total. The van der Waals surface area contributed by atoms with Gasteiger partial charge in [-0.3, -0.25) is 5.43 Å². The fraction of sp³-hybridized carbons (Fsp3) is 0.471. The standard InChI is InChI=1S/C17H21N5OS/c1-4-5-11-10-8-23-17(2,3)6-9(10)13-14-12(24-15(13)20-11)7-19-16(21-14)22-18/h7H,4-6,8,18H2,1-3H3,(H,19,21,22). The van der Waals surface area contributed by atoms with Crippen molar-refractivity contribution >= 4 is 37.7 Å². The Labute approximate surface area is 144 Å². The van der Waals surface area contributed by atoms with Crippen molar-refractivity contribution < 1.29 is 4.74 Å². The molecule has 0 atom stereocenters. The van der Waals surface area contributed by atoms with E-state index in [0.717, 1.165) is 45.4 Å². The highest BCUT2D eigenvalue weighted by atomic mass is 32.1. The van der Waals surface area contributed by atoms with Gasteiger partial charge in [-0.2, -0.15) is 0 Å². The fourth-order valence-electron chi connectivity index (χ4n) is 3.37. The van der Waals surface area contributed by atoms with Crippen LogP contribution in [0.25, 0.3) is 20.4 Å². The van der Waals surface area contributed by atoms with Gasteiger partial charge in [-0.1, -0.05) is 13.3 Å². The SMILES string of the molecule is CCCc1nc2sc3cnc(NN)nc3c2c2c1COC(C)(C)C2. The molecule has 4 heterocycles. The molecule has 0 saturated carbocycles. The minimum atomic E-state index is -0.180. The number of hydrogen-bond donors (Lipinski definition) is 2. The fourth-order valence-corrected chi connectivity index (χ4v) is 4.41. The highest BCUT2D eigenvalue weighted by Gasteiger charge is 2.31. The Kier molecular flexibility index (Phi) is 3.67. The number of pyridine rings is 1. The van der Waals surface area contributed by atoms with E-state index >= 15 is 0 Å². The number of fused-ring (bicyclic) bond motifs is 5. The van der Waals surface area contributed by atoms with Gasteiger partial charge in [-0.15, -0.1) is 11.3 Å². The van der Waals surface area contributed by atoms with E-state index in [0.29, 0.717) is 12.6 Å². The highest BCUT2D eigenvalue weighted by molar-refractivity contribution is 7.25. The summed E-state index contributed by atoms with van der Waals surface area (Å²) >= 11 is 1.65. The van der Waals surface area contributed by atoms with E-state index < -0.39 is 0 Å². The lowest BCUT2D eigenvalue weighted by Gasteiger charge is -2.33. The zero-order chi connectivity index (χ0) is 16.9. The number of aromatic nitrogens is 3. The van der Waals surface area contributed by atoms with Gasteiger partial charge >= 0.3 is 0 Å². The third-order valence-electron chi connectivity index (χ3n) is 4.49. The van der Waals surface area contributed by atoms with Crippen LogP contribution in [0.1, 0.15) is 44.0 Å². The smallest absolute Gasteiger partial charge is 0.237 e. The first-order valence-corrected chi connectivity index (χ1v) is 9.04. The number of nitrogens with two attached hydrogens (primary N) is 1. The molecule has 0 bridgehead atoms. The Morgan fingerprint density at radius 1 is 1.33 bits per heavy atom. The van der Waals surface area contributed by atoms with E-state index in [-0.39, 0.29) is 5.60 Å². The molecule has 0 fully saturated rings. The molecule has 0 aromatic carbocycles. The van der Waals surface area contributed by atoms with Gasteiger partial charge in [0.15, 0.2) is 0 Å². The van der Waals surface area contributed by atoms with Gasteiger partial charge in [0.2, 0.25) is 5.95 Å². The average molecular weight is 343 g/mol. The molecule has 3 aromatic heterocycles. The number of nitrogens with zero attached hydrogens (tertiary/aromatic N) is 3. The first-order valence-electron chi connectivity index (χ1n) is 8.23. The molecule has 0 unspecified atom stereocenters. The Hall–Kier alpha value is -1.83. The van der Waals surface area contributed by atoms with Crippen molar-refractivity contribution in [2.75, 3.05) is 5.43 Å². The highest BCUT2D eigenvalue weighted by Crippen LogP contribution is 2.40. The summed E-state index contributed by atoms with van der Waals surface area (Å²) < 4.78 is 7.10. The summed E-state index contributed by atoms with van der Waals surface area (Å²) in [5.74, 6) is 5.92. The number of rotatable bonds is 3. The van der Waals surface area contributed by atoms with Gasteiger partial charge in [0.1, 0.15) is 4.83 Å². The van der Waals surface area contributed by atoms with Crippen molar-refractivity contribution in [2.24, 2.45) is 5.84 Å². The third-order valence-corrected chi connectivity index (χ3v) is 5.50. The molecule has 0 saturated heterocycles. The third kappa shape index (κ3) is 2.44. The maximum Gasteiger partial charge on any atom is 0.237 e. The minimum absolute atomic E-state index is 0.180. The Morgan fingerprint density at radius 2 is 2.17 bits per heavy atom. The van der Waals surface area contributed by atoms with Crippen LogP contribution in [0, 0.1) is 0 Å². The van der Waals surface area contributed by atoms with E-state index in [9.17, 15) is 0 Å². The zero-order valence-corrected chi connectivity index (χ0v) is 15.0. The average Bonchev–Trinajstić information content (AvgIpc) is 2.91. The van der Waals surface area contributed by atoms with Crippen LogP contribution in [-0.2, 0) is 24.2 Å². The lowest BCUT2D eigenvalue weighted by molar-refractivity contribution is -0.0401. The Bertz CT molecular complexity index is 934. The Morgan fingerprint density at radius 3 is 2.92 bits per heavy atom. The summed E-state index contributed by atoms with van der Waals surface area (Å²) in [6, 6.07) is 0. The van der Waals surface area contributed by atoms with Crippen molar-refractivity contribution in [3.05, 3.63) is 23.0 Å². The number of hydrazine groups is 1. The van der Waals surface area contributed by atoms with Crippen molar-refractivity contribution in [1.29, 1.82) is 0 Å². The van der Waals surface area contributed by atoms with E-state index in [1.165, 1.54) is 11.1 Å². The van der Waals surface area contributed by atoms with Crippen LogP contribution in [0.4, 0.5) is 5.95 Å². The largest absolute Gasteiger partial charge is 0.370 e. The monoisotopic (exact) mass is 343 g/mol. The van der Waals surface area contributed by atoms with Crippen molar-refractivity contribution in [3.8, 4) is 0 Å². The van der Waals surface area contributed by atoms with Crippen LogP contribution in [0.5, 0.6) is 0 Å². The summed E-state index contributed by atoms with van der Waals surface area (Å²) in [5.41, 5.74) is 7.02. The molecule has 126 valence electrons. The number of thiophene rings is 1. The molecule has 1 aliphatic heterocycles. The Balaban J connectivity index is 2.07. The zero-order valence-electron chi connectivity index (χ0n) is 14.1. The normalized spacial score (nSPS) is 16.5. The van der Waals surface area contributed by atoms with Crippen LogP contribution >= 0.6 is 11.3 Å². The predicted octanol–water partition coefficient (Wildman–Crippen LogP) is 3.33. The lowest BCUT2D eigenvalue weighted by atomic mass is 9.88. The summed E-state index contributed by atoms with van der Waals surface area (Å²) in [4.78, 5) is 14.8. The number of nitrogens with one attached hydrogen (secondary N) is 1. The van der Waals surface area contributed by atoms with Crippen molar-refractivity contribution in [2.45, 2.75) is 52.2 Å². The second-order valence-corrected chi connectivity index (χ2v) is 7.85. The molecular weight excluding hydrogens is 322 g/mol. The second kappa shape index (κ2) is 5.61. The van der Waals surface area contributed by atoms with Gasteiger partial charge in [0.25, 0.3) is 0 Å². The van der Waals surface area contributed by atoms with Gasteiger partial charge in [0.05, 0.1) is 28.6 Å². The minimum Gasteiger partial charge on any atom is -0.370 e. The van der Waals surface area contributed by atoms with Gasteiger partial charge in [-0.05, 0) is 25.8 Å². The van der Waals surface area contributed by atoms with Crippen LogP contribution in [0.2, 0.25) is 0 Å². The first kappa shape index (κ1) is 15.7. The van der Waals surface area contributed by atoms with Crippen LogP contribution in [-0.4, -0.2) is 20.6 Å². The summed E-state index contributed by atoms with van der Waals surface area (Å²) in [6.45, 7) is 7.07. The molecule has 1 aliphatic rings. The number of anilines is 1. The van der Waals surface area contributed by atoms with Crippen molar-refractivity contribution in [1.82, 2.24) is 15.0 Å². The van der Waals surface area contributed by atoms with Crippen LogP contribution < -0.4 is 11.3 Å². The van der Waals surface area contributed by atoms with Gasteiger partial charge in [0, 0.05) is 23.1 Å². The summed E-state index contributed by atoms with van der Waals surface area (Å²) in [6.07, 6.45) is 4.72. The first-order chi connectivity index (χ1) is 11.5. The molecule has 0 aliphatic carbocycles. The summed E-state index contributed by atoms with van der Waals surface area (Å²) in [7, 11) is 0. The molecule has 0 radical (unpaired) electrons. The van der Waals surface area contributed by atoms with E-state index in [1.807, 2.05) is 6.20 Å². The molecule has 7 heteroatoms.